The number of thiophene rings is 1. The van der Waals surface area contributed by atoms with E-state index in [0.29, 0.717) is 17.0 Å². The van der Waals surface area contributed by atoms with E-state index in [-0.39, 0.29) is 17.9 Å². The van der Waals surface area contributed by atoms with E-state index in [4.69, 9.17) is 4.42 Å². The Morgan fingerprint density at radius 3 is 2.81 bits per heavy atom. The first kappa shape index (κ1) is 19.8. The number of carbonyl (C=O) groups excluding carboxylic acids is 1. The number of furan rings is 1. The van der Waals surface area contributed by atoms with Gasteiger partial charge >= 0.3 is 5.97 Å². The van der Waals surface area contributed by atoms with E-state index in [1.807, 2.05) is 12.3 Å². The minimum absolute atomic E-state index is 0.104. The van der Waals surface area contributed by atoms with E-state index < -0.39 is 5.97 Å². The average molecular weight is 435 g/mol. The number of aromatic nitrogens is 2. The van der Waals surface area contributed by atoms with Crippen LogP contribution in [0.25, 0.3) is 21.3 Å². The molecule has 158 valence electrons. The molecule has 5 rings (SSSR count). The van der Waals surface area contributed by atoms with Gasteiger partial charge in [0, 0.05) is 10.9 Å². The molecule has 0 unspecified atom stereocenters. The van der Waals surface area contributed by atoms with Crippen molar-refractivity contribution in [2.75, 3.05) is 7.11 Å². The fourth-order valence-corrected chi connectivity index (χ4v) is 5.24. The van der Waals surface area contributed by atoms with Crippen LogP contribution in [0.4, 0.5) is 0 Å². The highest BCUT2D eigenvalue weighted by Crippen LogP contribution is 2.33. The highest BCUT2D eigenvalue weighted by molar-refractivity contribution is 7.17. The fourth-order valence-electron chi connectivity index (χ4n) is 4.25. The van der Waals surface area contributed by atoms with Crippen LogP contribution in [0.2, 0.25) is 0 Å². The van der Waals surface area contributed by atoms with Crippen molar-refractivity contribution in [2.45, 2.75) is 39.2 Å². The van der Waals surface area contributed by atoms with Gasteiger partial charge in [-0.3, -0.25) is 9.36 Å². The number of methoxy groups -OCH3 is 1. The van der Waals surface area contributed by atoms with Crippen LogP contribution in [-0.4, -0.2) is 22.6 Å². The number of hydrogen-bond acceptors (Lipinski definition) is 6. The van der Waals surface area contributed by atoms with Crippen LogP contribution >= 0.6 is 11.3 Å². The Labute approximate surface area is 183 Å². The minimum atomic E-state index is -0.545. The van der Waals surface area contributed by atoms with Crippen LogP contribution in [0.5, 0.6) is 0 Å². The number of nitrogens with zero attached hydrogens (tertiary/aromatic N) is 2. The molecule has 3 heterocycles. The van der Waals surface area contributed by atoms with Crippen LogP contribution in [0.15, 0.2) is 44.9 Å². The molecule has 6 nitrogen and oxygen atoms in total. The number of fused-ring (bicyclic) bond motifs is 2. The van der Waals surface area contributed by atoms with Crippen LogP contribution in [0, 0.1) is 6.92 Å². The number of ether oxygens (including phenoxy) is 1. The van der Waals surface area contributed by atoms with Crippen molar-refractivity contribution in [3.8, 4) is 11.1 Å². The Morgan fingerprint density at radius 1 is 1.19 bits per heavy atom. The number of hydrogen-bond donors (Lipinski definition) is 0. The molecule has 31 heavy (non-hydrogen) atoms. The maximum atomic E-state index is 13.5. The van der Waals surface area contributed by atoms with Crippen molar-refractivity contribution >= 4 is 27.5 Å². The molecule has 1 aromatic carbocycles. The Kier molecular flexibility index (Phi) is 4.98. The number of aryl methyl sites for hydroxylation is 3. The van der Waals surface area contributed by atoms with Gasteiger partial charge in [0.15, 0.2) is 0 Å². The second-order valence-electron chi connectivity index (χ2n) is 7.83. The summed E-state index contributed by atoms with van der Waals surface area (Å²) >= 11 is 1.49. The molecule has 0 amide bonds. The van der Waals surface area contributed by atoms with Gasteiger partial charge in [0.2, 0.25) is 5.76 Å². The van der Waals surface area contributed by atoms with Gasteiger partial charge in [-0.25, -0.2) is 9.78 Å². The Morgan fingerprint density at radius 2 is 2.00 bits per heavy atom. The molecule has 0 bridgehead atoms. The number of carbonyl (C=O) groups is 1. The minimum Gasteiger partial charge on any atom is -0.463 e. The Balaban J connectivity index is 1.58. The van der Waals surface area contributed by atoms with Gasteiger partial charge in [-0.2, -0.15) is 0 Å². The lowest BCUT2D eigenvalue weighted by molar-refractivity contribution is 0.0563. The van der Waals surface area contributed by atoms with Crippen LogP contribution in [0.1, 0.15) is 46.1 Å². The monoisotopic (exact) mass is 434 g/mol. The van der Waals surface area contributed by atoms with E-state index in [0.717, 1.165) is 28.8 Å². The summed E-state index contributed by atoms with van der Waals surface area (Å²) in [6.07, 6.45) is 4.68. The van der Waals surface area contributed by atoms with Crippen molar-refractivity contribution in [3.05, 3.63) is 74.5 Å². The molecule has 4 aromatic rings. The summed E-state index contributed by atoms with van der Waals surface area (Å²) in [4.78, 5) is 30.6. The summed E-state index contributed by atoms with van der Waals surface area (Å²) in [5.41, 5.74) is 4.68. The van der Waals surface area contributed by atoms with E-state index in [9.17, 15) is 9.59 Å². The van der Waals surface area contributed by atoms with Crippen molar-refractivity contribution in [3.63, 3.8) is 0 Å². The number of benzene rings is 1. The molecule has 0 atom stereocenters. The smallest absolute Gasteiger partial charge is 0.373 e. The summed E-state index contributed by atoms with van der Waals surface area (Å²) in [5, 5.41) is 2.65. The molecular formula is C24H22N2O4S. The van der Waals surface area contributed by atoms with E-state index >= 15 is 0 Å². The molecule has 1 aliphatic rings. The Bertz CT molecular complexity index is 1360. The zero-order chi connectivity index (χ0) is 21.5. The Hall–Kier alpha value is -3.19. The normalized spacial score (nSPS) is 13.4. The van der Waals surface area contributed by atoms with Crippen LogP contribution < -0.4 is 5.56 Å². The van der Waals surface area contributed by atoms with Crippen molar-refractivity contribution in [2.24, 2.45) is 0 Å². The van der Waals surface area contributed by atoms with Crippen LogP contribution in [0.3, 0.4) is 0 Å². The lowest BCUT2D eigenvalue weighted by atomic mass is 9.89. The van der Waals surface area contributed by atoms with Crippen LogP contribution in [-0.2, 0) is 24.1 Å². The molecule has 7 heteroatoms. The van der Waals surface area contributed by atoms with Gasteiger partial charge in [0.1, 0.15) is 16.4 Å². The summed E-state index contributed by atoms with van der Waals surface area (Å²) in [6.45, 7) is 2.01. The second-order valence-corrected chi connectivity index (χ2v) is 8.69. The molecule has 0 saturated carbocycles. The molecule has 0 N–H and O–H groups in total. The molecule has 0 fully saturated rings. The molecular weight excluding hydrogens is 412 g/mol. The van der Waals surface area contributed by atoms with Gasteiger partial charge in [-0.15, -0.1) is 11.3 Å². The highest BCUT2D eigenvalue weighted by Gasteiger charge is 2.19. The maximum Gasteiger partial charge on any atom is 0.373 e. The molecule has 0 spiro atoms. The summed E-state index contributed by atoms with van der Waals surface area (Å²) in [5.74, 6) is 0.670. The zero-order valence-corrected chi connectivity index (χ0v) is 18.3. The van der Waals surface area contributed by atoms with Gasteiger partial charge in [-0.05, 0) is 61.4 Å². The number of esters is 1. The van der Waals surface area contributed by atoms with E-state index in [1.54, 1.807) is 16.7 Å². The zero-order valence-electron chi connectivity index (χ0n) is 17.4. The number of rotatable bonds is 4. The van der Waals surface area contributed by atoms with Gasteiger partial charge in [0.25, 0.3) is 5.56 Å². The lowest BCUT2D eigenvalue weighted by Gasteiger charge is -2.16. The molecule has 0 saturated heterocycles. The second kappa shape index (κ2) is 7.81. The first-order valence-corrected chi connectivity index (χ1v) is 11.2. The average Bonchev–Trinajstić information content (AvgIpc) is 3.43. The highest BCUT2D eigenvalue weighted by atomic mass is 32.1. The van der Waals surface area contributed by atoms with E-state index in [1.165, 1.54) is 42.4 Å². The van der Waals surface area contributed by atoms with Crippen molar-refractivity contribution < 1.29 is 13.9 Å². The quantitative estimate of drug-likeness (QED) is 0.434. The maximum absolute atomic E-state index is 13.5. The van der Waals surface area contributed by atoms with Crippen molar-refractivity contribution in [1.29, 1.82) is 0 Å². The van der Waals surface area contributed by atoms with Gasteiger partial charge < -0.3 is 9.15 Å². The van der Waals surface area contributed by atoms with Gasteiger partial charge in [0.05, 0.1) is 19.0 Å². The SMILES string of the molecule is COC(=O)c1ccc(Cn2c(C)nc3scc(-c4ccc5c(c4)CCCC5)c3c2=O)o1. The largest absolute Gasteiger partial charge is 0.463 e. The summed E-state index contributed by atoms with van der Waals surface area (Å²) in [6, 6.07) is 9.78. The molecule has 0 aliphatic heterocycles. The fraction of sp³-hybridized carbons (Fsp3) is 0.292. The first-order chi connectivity index (χ1) is 15.0. The molecule has 3 aromatic heterocycles. The standard InChI is InChI=1S/C24H22N2O4S/c1-14-25-22-21(23(27)26(14)12-18-9-10-20(30-18)24(28)29-2)19(13-31-22)17-8-7-15-5-3-4-6-16(15)11-17/h7-11,13H,3-6,12H2,1-2H3. The molecule has 0 radical (unpaired) electrons. The predicted octanol–water partition coefficient (Wildman–Crippen LogP) is 4.74. The van der Waals surface area contributed by atoms with E-state index in [2.05, 4.69) is 27.9 Å². The van der Waals surface area contributed by atoms with Gasteiger partial charge in [-0.1, -0.05) is 18.2 Å². The third-order valence-corrected chi connectivity index (χ3v) is 6.78. The molecule has 1 aliphatic carbocycles. The third kappa shape index (κ3) is 3.49. The van der Waals surface area contributed by atoms with Crippen molar-refractivity contribution in [1.82, 2.24) is 9.55 Å². The summed E-state index contributed by atoms with van der Waals surface area (Å²) < 4.78 is 11.8. The predicted molar refractivity (Wildman–Crippen MR) is 120 cm³/mol. The first-order valence-electron chi connectivity index (χ1n) is 10.3. The summed E-state index contributed by atoms with van der Waals surface area (Å²) in [7, 11) is 1.30. The third-order valence-electron chi connectivity index (χ3n) is 5.91. The topological polar surface area (TPSA) is 74.3 Å². The lowest BCUT2D eigenvalue weighted by Crippen LogP contribution is -2.24.